The first kappa shape index (κ1) is 13.7. The third kappa shape index (κ3) is 2.92. The largest absolute Gasteiger partial charge is 0.368 e. The Morgan fingerprint density at radius 2 is 2.50 bits per heavy atom. The second kappa shape index (κ2) is 6.03. The maximum absolute atomic E-state index is 11.9. The first-order valence-corrected chi connectivity index (χ1v) is 8.33. The molecule has 3 heterocycles. The van der Waals surface area contributed by atoms with E-state index in [0.717, 1.165) is 28.4 Å². The number of rotatable bonds is 4. The summed E-state index contributed by atoms with van der Waals surface area (Å²) in [4.78, 5) is 18.8. The fourth-order valence-corrected chi connectivity index (χ4v) is 3.96. The lowest BCUT2D eigenvalue weighted by Crippen LogP contribution is -2.33. The van der Waals surface area contributed by atoms with Gasteiger partial charge in [0.1, 0.15) is 11.1 Å². The number of hydrogen-bond donors (Lipinski definition) is 1. The number of nitrogens with zero attached hydrogens (tertiary/aromatic N) is 1. The highest BCUT2D eigenvalue weighted by Gasteiger charge is 2.23. The normalized spacial score (nSPS) is 18.4. The van der Waals surface area contributed by atoms with Gasteiger partial charge in [-0.1, -0.05) is 6.07 Å². The molecule has 1 amide bonds. The Kier molecular flexibility index (Phi) is 4.14. The van der Waals surface area contributed by atoms with E-state index in [1.165, 1.54) is 4.88 Å². The lowest BCUT2D eigenvalue weighted by molar-refractivity contribution is -0.130. The van der Waals surface area contributed by atoms with Crippen molar-refractivity contribution in [3.63, 3.8) is 0 Å². The summed E-state index contributed by atoms with van der Waals surface area (Å²) < 4.78 is 5.37. The van der Waals surface area contributed by atoms with Gasteiger partial charge in [0.25, 0.3) is 0 Å². The predicted molar refractivity (Wildman–Crippen MR) is 81.0 cm³/mol. The Hall–Kier alpha value is -1.24. The number of aromatic nitrogens is 1. The minimum absolute atomic E-state index is 0.00651. The van der Waals surface area contributed by atoms with Gasteiger partial charge in [-0.2, -0.15) is 0 Å². The van der Waals surface area contributed by atoms with Gasteiger partial charge in [0.2, 0.25) is 5.91 Å². The molecule has 0 bridgehead atoms. The maximum Gasteiger partial charge on any atom is 0.249 e. The van der Waals surface area contributed by atoms with Gasteiger partial charge in [-0.25, -0.2) is 4.98 Å². The number of carbonyl (C=O) groups excluding carboxylic acids is 1. The third-order valence-electron chi connectivity index (χ3n) is 3.27. The van der Waals surface area contributed by atoms with Crippen LogP contribution in [0, 0.1) is 6.92 Å². The van der Waals surface area contributed by atoms with Crippen molar-refractivity contribution in [2.75, 3.05) is 6.61 Å². The van der Waals surface area contributed by atoms with E-state index in [0.29, 0.717) is 13.2 Å². The molecule has 3 rings (SSSR count). The van der Waals surface area contributed by atoms with Crippen LogP contribution in [0.5, 0.6) is 0 Å². The number of ether oxygens (including phenoxy) is 1. The van der Waals surface area contributed by atoms with Crippen molar-refractivity contribution < 1.29 is 9.53 Å². The summed E-state index contributed by atoms with van der Waals surface area (Å²) in [5, 5.41) is 6.02. The zero-order valence-corrected chi connectivity index (χ0v) is 12.9. The molecule has 4 nitrogen and oxygen atoms in total. The fourth-order valence-electron chi connectivity index (χ4n) is 2.16. The molecule has 1 atom stereocenters. The Bertz CT molecular complexity index is 586. The second-order valence-electron chi connectivity index (χ2n) is 4.72. The molecule has 0 aromatic carbocycles. The van der Waals surface area contributed by atoms with Crippen LogP contribution in [0.1, 0.15) is 23.4 Å². The van der Waals surface area contributed by atoms with E-state index in [1.807, 2.05) is 18.4 Å². The molecule has 20 heavy (non-hydrogen) atoms. The van der Waals surface area contributed by atoms with Crippen LogP contribution < -0.4 is 5.32 Å². The second-order valence-corrected chi connectivity index (χ2v) is 6.76. The van der Waals surface area contributed by atoms with Crippen LogP contribution in [0.2, 0.25) is 0 Å². The predicted octanol–water partition coefficient (Wildman–Crippen LogP) is 2.98. The number of amides is 1. The third-order valence-corrected chi connectivity index (χ3v) is 5.47. The van der Waals surface area contributed by atoms with Crippen LogP contribution in [0.15, 0.2) is 17.5 Å². The van der Waals surface area contributed by atoms with E-state index in [2.05, 4.69) is 16.4 Å². The van der Waals surface area contributed by atoms with Crippen LogP contribution in [0.4, 0.5) is 0 Å². The molecule has 0 aliphatic carbocycles. The number of aryl methyl sites for hydroxylation is 1. The van der Waals surface area contributed by atoms with Gasteiger partial charge in [-0.15, -0.1) is 22.7 Å². The van der Waals surface area contributed by atoms with Crippen molar-refractivity contribution in [2.24, 2.45) is 0 Å². The maximum atomic E-state index is 11.9. The zero-order valence-electron chi connectivity index (χ0n) is 11.2. The quantitative estimate of drug-likeness (QED) is 0.944. The molecule has 0 radical (unpaired) electrons. The van der Waals surface area contributed by atoms with Gasteiger partial charge >= 0.3 is 0 Å². The van der Waals surface area contributed by atoms with Crippen molar-refractivity contribution in [3.05, 3.63) is 28.1 Å². The molecule has 0 spiro atoms. The Balaban J connectivity index is 1.64. The van der Waals surface area contributed by atoms with Crippen LogP contribution in [0.25, 0.3) is 9.88 Å². The fraction of sp³-hybridized carbons (Fsp3) is 0.429. The molecular weight excluding hydrogens is 292 g/mol. The van der Waals surface area contributed by atoms with E-state index >= 15 is 0 Å². The van der Waals surface area contributed by atoms with Crippen molar-refractivity contribution >= 4 is 28.6 Å². The Labute approximate surface area is 125 Å². The van der Waals surface area contributed by atoms with Crippen molar-refractivity contribution in [2.45, 2.75) is 32.4 Å². The van der Waals surface area contributed by atoms with Crippen LogP contribution >= 0.6 is 22.7 Å². The number of thiophene rings is 1. The van der Waals surface area contributed by atoms with Gasteiger partial charge in [0.15, 0.2) is 0 Å². The molecule has 1 saturated heterocycles. The van der Waals surface area contributed by atoms with E-state index in [9.17, 15) is 4.79 Å². The average molecular weight is 308 g/mol. The molecular formula is C14H16N2O2S2. The smallest absolute Gasteiger partial charge is 0.249 e. The molecule has 1 unspecified atom stereocenters. The molecule has 0 saturated carbocycles. The van der Waals surface area contributed by atoms with Gasteiger partial charge in [0, 0.05) is 11.5 Å². The van der Waals surface area contributed by atoms with Gasteiger partial charge < -0.3 is 10.1 Å². The highest BCUT2D eigenvalue weighted by Crippen LogP contribution is 2.31. The van der Waals surface area contributed by atoms with Crippen molar-refractivity contribution in [1.82, 2.24) is 10.3 Å². The Morgan fingerprint density at radius 1 is 1.60 bits per heavy atom. The number of carbonyl (C=O) groups is 1. The van der Waals surface area contributed by atoms with E-state index in [1.54, 1.807) is 22.7 Å². The van der Waals surface area contributed by atoms with Crippen molar-refractivity contribution in [1.29, 1.82) is 0 Å². The van der Waals surface area contributed by atoms with Crippen molar-refractivity contribution in [3.8, 4) is 9.88 Å². The minimum Gasteiger partial charge on any atom is -0.368 e. The number of thiazole rings is 1. The van der Waals surface area contributed by atoms with Crippen LogP contribution in [-0.4, -0.2) is 23.6 Å². The first-order valence-electron chi connectivity index (χ1n) is 6.63. The number of hydrogen-bond acceptors (Lipinski definition) is 5. The van der Waals surface area contributed by atoms with E-state index < -0.39 is 0 Å². The van der Waals surface area contributed by atoms with E-state index in [4.69, 9.17) is 4.74 Å². The Morgan fingerprint density at radius 3 is 3.20 bits per heavy atom. The summed E-state index contributed by atoms with van der Waals surface area (Å²) >= 11 is 3.33. The molecule has 6 heteroatoms. The minimum atomic E-state index is -0.264. The van der Waals surface area contributed by atoms with Crippen LogP contribution in [-0.2, 0) is 16.1 Å². The highest BCUT2D eigenvalue weighted by molar-refractivity contribution is 7.21. The first-order chi connectivity index (χ1) is 9.74. The standard InChI is InChI=1S/C14H16N2O2S2/c1-9-12(8-15-13(17)10-4-2-6-18-10)20-14(16-9)11-5-3-7-19-11/h3,5,7,10H,2,4,6,8H2,1H3,(H,15,17). The monoisotopic (exact) mass is 308 g/mol. The zero-order chi connectivity index (χ0) is 13.9. The van der Waals surface area contributed by atoms with Gasteiger partial charge in [-0.05, 0) is 31.2 Å². The van der Waals surface area contributed by atoms with Gasteiger partial charge in [-0.3, -0.25) is 4.79 Å². The summed E-state index contributed by atoms with van der Waals surface area (Å²) in [6.07, 6.45) is 1.54. The lowest BCUT2D eigenvalue weighted by atomic mass is 10.2. The lowest BCUT2D eigenvalue weighted by Gasteiger charge is -2.09. The van der Waals surface area contributed by atoms with Crippen LogP contribution in [0.3, 0.4) is 0 Å². The molecule has 1 fully saturated rings. The molecule has 106 valence electrons. The summed E-state index contributed by atoms with van der Waals surface area (Å²) in [7, 11) is 0. The highest BCUT2D eigenvalue weighted by atomic mass is 32.1. The molecule has 1 aliphatic rings. The summed E-state index contributed by atoms with van der Waals surface area (Å²) in [5.74, 6) is -0.00651. The average Bonchev–Trinajstić information content (AvgIpc) is 3.18. The number of nitrogens with one attached hydrogen (secondary N) is 1. The molecule has 2 aromatic rings. The molecule has 1 N–H and O–H groups in total. The topological polar surface area (TPSA) is 51.2 Å². The SMILES string of the molecule is Cc1nc(-c2cccs2)sc1CNC(=O)C1CCCO1. The summed E-state index contributed by atoms with van der Waals surface area (Å²) in [6.45, 7) is 3.22. The molecule has 2 aromatic heterocycles. The van der Waals surface area contributed by atoms with E-state index in [-0.39, 0.29) is 12.0 Å². The summed E-state index contributed by atoms with van der Waals surface area (Å²) in [5.41, 5.74) is 0.992. The van der Waals surface area contributed by atoms with Gasteiger partial charge in [0.05, 0.1) is 17.1 Å². The summed E-state index contributed by atoms with van der Waals surface area (Å²) in [6, 6.07) is 4.09. The molecule has 1 aliphatic heterocycles.